The van der Waals surface area contributed by atoms with Gasteiger partial charge in [-0.15, -0.1) is 0 Å². The standard InChI is InChI=1S/C40H33ClF3N5O5/c1-21-12-14-23(15-13-21)46-48-36(52)28-20-27-24(33(25-10-6-7-11-30(25)50)39(28,38(48)54)22-8-4-3-5-9-22)16-17-26-32(27)37(53)49(35(26)51)47(2)34-29(41)18-19-31(45-34)40(42,43)44/h3-16,18-19,26-28,32-33,46,50H,17,20H2,1-2H3/t26-,27+,28-,32-,33+,39+/m0/s1. The van der Waals surface area contributed by atoms with Crippen LogP contribution in [0.5, 0.6) is 5.75 Å². The number of nitrogens with one attached hydrogen (secondary N) is 1. The molecule has 0 bridgehead atoms. The third-order valence-electron chi connectivity index (χ3n) is 11.3. The van der Waals surface area contributed by atoms with E-state index < -0.39 is 76.3 Å². The van der Waals surface area contributed by atoms with E-state index in [4.69, 9.17) is 11.6 Å². The van der Waals surface area contributed by atoms with Gasteiger partial charge in [-0.3, -0.25) is 29.6 Å². The number of alkyl halides is 3. The fourth-order valence-corrected chi connectivity index (χ4v) is 9.24. The highest BCUT2D eigenvalue weighted by atomic mass is 35.5. The van der Waals surface area contributed by atoms with Gasteiger partial charge in [0.25, 0.3) is 23.6 Å². The van der Waals surface area contributed by atoms with Gasteiger partial charge in [-0.1, -0.05) is 89.5 Å². The molecule has 8 rings (SSSR count). The van der Waals surface area contributed by atoms with E-state index in [0.717, 1.165) is 26.7 Å². The number of benzene rings is 3. The van der Waals surface area contributed by atoms with Gasteiger partial charge in [0.05, 0.1) is 33.9 Å². The number of anilines is 2. The van der Waals surface area contributed by atoms with Gasteiger partial charge in [0, 0.05) is 18.5 Å². The van der Waals surface area contributed by atoms with Crippen molar-refractivity contribution in [3.63, 3.8) is 0 Å². The minimum Gasteiger partial charge on any atom is -0.508 e. The molecule has 6 atom stereocenters. The molecule has 276 valence electrons. The van der Waals surface area contributed by atoms with Crippen LogP contribution in [0.1, 0.15) is 41.1 Å². The lowest BCUT2D eigenvalue weighted by Crippen LogP contribution is -2.53. The number of para-hydroxylation sites is 1. The molecule has 4 aromatic rings. The van der Waals surface area contributed by atoms with Gasteiger partial charge in [0.2, 0.25) is 0 Å². The van der Waals surface area contributed by atoms with E-state index in [0.29, 0.717) is 28.5 Å². The predicted molar refractivity (Wildman–Crippen MR) is 191 cm³/mol. The number of carbonyl (C=O) groups is 4. The maximum atomic E-state index is 15.2. The number of allylic oxidation sites excluding steroid dienone is 2. The van der Waals surface area contributed by atoms with Gasteiger partial charge in [-0.2, -0.15) is 23.2 Å². The number of halogens is 4. The number of amides is 4. The van der Waals surface area contributed by atoms with Crippen molar-refractivity contribution in [1.82, 2.24) is 15.0 Å². The molecule has 0 spiro atoms. The summed E-state index contributed by atoms with van der Waals surface area (Å²) < 4.78 is 41.0. The number of phenols is 1. The number of hydrogen-bond acceptors (Lipinski definition) is 8. The summed E-state index contributed by atoms with van der Waals surface area (Å²) in [5, 5.41) is 14.0. The second-order valence-electron chi connectivity index (χ2n) is 14.2. The topological polar surface area (TPSA) is 123 Å². The fraction of sp³-hybridized carbons (Fsp3) is 0.275. The lowest BCUT2D eigenvalue weighted by Gasteiger charge is -2.50. The van der Waals surface area contributed by atoms with Crippen LogP contribution in [-0.4, -0.2) is 50.8 Å². The van der Waals surface area contributed by atoms with Crippen LogP contribution in [0, 0.1) is 30.6 Å². The second kappa shape index (κ2) is 12.7. The van der Waals surface area contributed by atoms with Crippen molar-refractivity contribution in [3.8, 4) is 5.75 Å². The van der Waals surface area contributed by atoms with E-state index >= 15 is 4.79 Å². The maximum Gasteiger partial charge on any atom is 0.433 e. The second-order valence-corrected chi connectivity index (χ2v) is 14.6. The molecule has 2 aliphatic heterocycles. The van der Waals surface area contributed by atoms with E-state index in [2.05, 4.69) is 10.4 Å². The zero-order valence-electron chi connectivity index (χ0n) is 28.9. The average molecular weight is 756 g/mol. The number of hydrogen-bond donors (Lipinski definition) is 2. The van der Waals surface area contributed by atoms with E-state index in [-0.39, 0.29) is 23.6 Å². The van der Waals surface area contributed by atoms with Crippen LogP contribution in [0.25, 0.3) is 0 Å². The Bertz CT molecular complexity index is 2250. The SMILES string of the molecule is Cc1ccc(NN2C(=O)[C@@H]3C[C@@H]4C(=CC[C@@H]5C(=O)N(N(C)c6nc(C(F)(F)F)ccc6Cl)C(=O)[C@@H]54)[C@H](c4ccccc4O)[C@]3(c3ccccc3)C2=O)cc1. The van der Waals surface area contributed by atoms with E-state index in [9.17, 15) is 32.7 Å². The summed E-state index contributed by atoms with van der Waals surface area (Å²) in [5.74, 6) is -7.77. The molecule has 4 amide bonds. The average Bonchev–Trinajstić information content (AvgIpc) is 3.53. The maximum absolute atomic E-state index is 15.2. The quantitative estimate of drug-likeness (QED) is 0.163. The molecule has 1 aromatic heterocycles. The molecule has 14 heteroatoms. The highest BCUT2D eigenvalue weighted by Crippen LogP contribution is 2.65. The van der Waals surface area contributed by atoms with Crippen molar-refractivity contribution in [2.24, 2.45) is 23.7 Å². The number of hydrazine groups is 2. The van der Waals surface area contributed by atoms with Gasteiger partial charge in [-0.05, 0) is 61.6 Å². The largest absolute Gasteiger partial charge is 0.508 e. The Morgan fingerprint density at radius 1 is 0.889 bits per heavy atom. The van der Waals surface area contributed by atoms with Crippen LogP contribution >= 0.6 is 11.6 Å². The van der Waals surface area contributed by atoms with Crippen molar-refractivity contribution < 1.29 is 37.5 Å². The van der Waals surface area contributed by atoms with E-state index in [1.165, 1.54) is 13.1 Å². The first-order chi connectivity index (χ1) is 25.7. The third-order valence-corrected chi connectivity index (χ3v) is 11.6. The first-order valence-electron chi connectivity index (χ1n) is 17.3. The Balaban J connectivity index is 1.27. The molecule has 2 aliphatic carbocycles. The van der Waals surface area contributed by atoms with Crippen LogP contribution < -0.4 is 10.4 Å². The number of carbonyl (C=O) groups excluding carboxylic acids is 4. The zero-order valence-corrected chi connectivity index (χ0v) is 29.7. The summed E-state index contributed by atoms with van der Waals surface area (Å²) >= 11 is 6.29. The molecule has 0 unspecified atom stereocenters. The van der Waals surface area contributed by atoms with Crippen LogP contribution in [0.15, 0.2) is 103 Å². The third kappa shape index (κ3) is 5.19. The number of phenolic OH excluding ortho intramolecular Hbond substituents is 1. The van der Waals surface area contributed by atoms with Crippen molar-refractivity contribution in [2.75, 3.05) is 17.5 Å². The highest BCUT2D eigenvalue weighted by Gasteiger charge is 2.70. The number of fused-ring (bicyclic) bond motifs is 4. The summed E-state index contributed by atoms with van der Waals surface area (Å²) in [4.78, 5) is 62.3. The van der Waals surface area contributed by atoms with Gasteiger partial charge in [-0.25, -0.2) is 4.98 Å². The molecular weight excluding hydrogens is 723 g/mol. The molecule has 2 N–H and O–H groups in total. The summed E-state index contributed by atoms with van der Waals surface area (Å²) in [6.45, 7) is 1.91. The molecule has 10 nitrogen and oxygen atoms in total. The number of aromatic hydroxyl groups is 1. The highest BCUT2D eigenvalue weighted by molar-refractivity contribution is 6.33. The van der Waals surface area contributed by atoms with Gasteiger partial charge < -0.3 is 5.11 Å². The molecule has 0 radical (unpaired) electrons. The Morgan fingerprint density at radius 3 is 2.26 bits per heavy atom. The number of pyridine rings is 1. The number of rotatable bonds is 6. The van der Waals surface area contributed by atoms with Crippen LogP contribution in [-0.2, 0) is 30.8 Å². The number of aromatic nitrogens is 1. The zero-order chi connectivity index (χ0) is 38.3. The first kappa shape index (κ1) is 35.3. The molecule has 4 aliphatic rings. The Kier molecular flexibility index (Phi) is 8.33. The molecule has 3 heterocycles. The molecule has 3 aromatic carbocycles. The normalized spacial score (nSPS) is 26.3. The smallest absolute Gasteiger partial charge is 0.433 e. The predicted octanol–water partition coefficient (Wildman–Crippen LogP) is 6.80. The van der Waals surface area contributed by atoms with E-state index in [1.54, 1.807) is 60.7 Å². The lowest BCUT2D eigenvalue weighted by atomic mass is 9.49. The molecular formula is C40H33ClF3N5O5. The molecule has 3 fully saturated rings. The van der Waals surface area contributed by atoms with Crippen molar-refractivity contribution >= 4 is 46.7 Å². The monoisotopic (exact) mass is 755 g/mol. The van der Waals surface area contributed by atoms with Gasteiger partial charge in [0.15, 0.2) is 5.82 Å². The Hall–Kier alpha value is -5.69. The first-order valence-corrected chi connectivity index (χ1v) is 17.7. The summed E-state index contributed by atoms with van der Waals surface area (Å²) in [7, 11) is 1.25. The Morgan fingerprint density at radius 2 is 1.57 bits per heavy atom. The minimum atomic E-state index is -4.81. The van der Waals surface area contributed by atoms with Crippen molar-refractivity contribution in [3.05, 3.63) is 130 Å². The summed E-state index contributed by atoms with van der Waals surface area (Å²) in [5.41, 5.74) is 3.17. The van der Waals surface area contributed by atoms with E-state index in [1.807, 2.05) is 25.1 Å². The van der Waals surface area contributed by atoms with Crippen LogP contribution in [0.3, 0.4) is 0 Å². The number of nitrogens with zero attached hydrogens (tertiary/aromatic N) is 4. The number of aryl methyl sites for hydroxylation is 1. The van der Waals surface area contributed by atoms with Gasteiger partial charge in [0.1, 0.15) is 11.4 Å². The summed E-state index contributed by atoms with van der Waals surface area (Å²) in [6.07, 6.45) is -2.95. The van der Waals surface area contributed by atoms with Crippen molar-refractivity contribution in [2.45, 2.75) is 37.3 Å². The van der Waals surface area contributed by atoms with Crippen LogP contribution in [0.4, 0.5) is 24.7 Å². The minimum absolute atomic E-state index is 0.0121. The number of imide groups is 2. The molecule has 54 heavy (non-hydrogen) atoms. The fourth-order valence-electron chi connectivity index (χ4n) is 9.01. The summed E-state index contributed by atoms with van der Waals surface area (Å²) in [6, 6.07) is 24.3. The van der Waals surface area contributed by atoms with Crippen LogP contribution in [0.2, 0.25) is 5.02 Å². The van der Waals surface area contributed by atoms with Gasteiger partial charge >= 0.3 is 6.18 Å². The lowest BCUT2D eigenvalue weighted by molar-refractivity contribution is -0.142. The molecule has 1 saturated carbocycles. The Labute approximate surface area is 312 Å². The van der Waals surface area contributed by atoms with Crippen molar-refractivity contribution in [1.29, 1.82) is 0 Å². The molecule has 2 saturated heterocycles.